The Hall–Kier alpha value is -3.92. The first-order valence-corrected chi connectivity index (χ1v) is 13.0. The molecule has 0 aliphatic carbocycles. The Morgan fingerprint density at radius 1 is 1.00 bits per heavy atom. The second-order valence-corrected chi connectivity index (χ2v) is 10.1. The third-order valence-electron chi connectivity index (χ3n) is 7.25. The molecule has 10 heteroatoms. The molecule has 5 heterocycles. The summed E-state index contributed by atoms with van der Waals surface area (Å²) < 4.78 is 27.2. The molecular formula is C28H29F2N7O. The van der Waals surface area contributed by atoms with Crippen LogP contribution in [0.4, 0.5) is 20.3 Å². The Labute approximate surface area is 219 Å². The summed E-state index contributed by atoms with van der Waals surface area (Å²) in [7, 11) is 0. The zero-order valence-corrected chi connectivity index (χ0v) is 21.0. The molecule has 1 amide bonds. The van der Waals surface area contributed by atoms with Crippen LogP contribution in [0.1, 0.15) is 41.7 Å². The van der Waals surface area contributed by atoms with Gasteiger partial charge in [-0.1, -0.05) is 6.07 Å². The number of benzene rings is 1. The molecule has 0 atom stereocenters. The van der Waals surface area contributed by atoms with Gasteiger partial charge in [0, 0.05) is 55.9 Å². The van der Waals surface area contributed by atoms with Crippen molar-refractivity contribution < 1.29 is 13.6 Å². The number of halogens is 2. The molecule has 2 N–H and O–H groups in total. The fourth-order valence-corrected chi connectivity index (χ4v) is 5.26. The zero-order chi connectivity index (χ0) is 26.1. The minimum atomic E-state index is -2.63. The van der Waals surface area contributed by atoms with E-state index in [9.17, 15) is 13.6 Å². The minimum absolute atomic E-state index is 0.110. The van der Waals surface area contributed by atoms with Crippen LogP contribution in [0, 0.1) is 0 Å². The van der Waals surface area contributed by atoms with E-state index in [1.807, 2.05) is 36.4 Å². The number of aromatic nitrogens is 4. The van der Waals surface area contributed by atoms with Crippen molar-refractivity contribution in [2.45, 2.75) is 38.2 Å². The average molecular weight is 518 g/mol. The van der Waals surface area contributed by atoms with Gasteiger partial charge in [-0.2, -0.15) is 5.10 Å². The third-order valence-corrected chi connectivity index (χ3v) is 7.25. The first kappa shape index (κ1) is 24.4. The molecule has 0 saturated carbocycles. The van der Waals surface area contributed by atoms with Crippen molar-refractivity contribution in [2.75, 3.05) is 36.4 Å². The van der Waals surface area contributed by atoms with E-state index in [2.05, 4.69) is 30.4 Å². The van der Waals surface area contributed by atoms with Crippen LogP contribution in [0.3, 0.4) is 0 Å². The molecule has 3 aromatic heterocycles. The van der Waals surface area contributed by atoms with Gasteiger partial charge in [-0.05, 0) is 60.7 Å². The van der Waals surface area contributed by atoms with Gasteiger partial charge in [-0.3, -0.25) is 19.8 Å². The monoisotopic (exact) mass is 517 g/mol. The molecule has 0 unspecified atom stereocenters. The predicted molar refractivity (Wildman–Crippen MR) is 142 cm³/mol. The lowest BCUT2D eigenvalue weighted by atomic mass is 10.0. The van der Waals surface area contributed by atoms with Crippen LogP contribution in [0.15, 0.2) is 55.0 Å². The minimum Gasteiger partial charge on any atom is -0.357 e. The summed E-state index contributed by atoms with van der Waals surface area (Å²) in [5.41, 5.74) is 4.20. The van der Waals surface area contributed by atoms with Crippen LogP contribution in [0.5, 0.6) is 0 Å². The van der Waals surface area contributed by atoms with Gasteiger partial charge in [-0.15, -0.1) is 0 Å². The number of pyridine rings is 2. The van der Waals surface area contributed by atoms with Gasteiger partial charge < -0.3 is 10.2 Å². The quantitative estimate of drug-likeness (QED) is 0.370. The van der Waals surface area contributed by atoms with Crippen molar-refractivity contribution in [3.05, 3.63) is 66.2 Å². The highest BCUT2D eigenvalue weighted by molar-refractivity contribution is 6.11. The van der Waals surface area contributed by atoms with Crippen molar-refractivity contribution >= 4 is 28.3 Å². The number of hydrogen-bond acceptors (Lipinski definition) is 6. The second kappa shape index (κ2) is 10.1. The van der Waals surface area contributed by atoms with E-state index in [1.54, 1.807) is 23.5 Å². The number of nitrogens with one attached hydrogen (secondary N) is 2. The van der Waals surface area contributed by atoms with Crippen LogP contribution in [-0.2, 0) is 6.54 Å². The van der Waals surface area contributed by atoms with Gasteiger partial charge >= 0.3 is 0 Å². The molecular weight excluding hydrogens is 488 g/mol. The van der Waals surface area contributed by atoms with Gasteiger partial charge in [0.1, 0.15) is 5.82 Å². The number of piperidine rings is 1. The van der Waals surface area contributed by atoms with E-state index in [0.717, 1.165) is 41.1 Å². The van der Waals surface area contributed by atoms with Crippen LogP contribution in [0.2, 0.25) is 0 Å². The highest BCUT2D eigenvalue weighted by Crippen LogP contribution is 2.30. The lowest BCUT2D eigenvalue weighted by molar-refractivity contribution is 0.0115. The Morgan fingerprint density at radius 2 is 1.87 bits per heavy atom. The maximum absolute atomic E-state index is 13.6. The number of nitrogens with zero attached hydrogens (tertiary/aromatic N) is 5. The molecule has 2 aliphatic rings. The molecule has 0 radical (unpaired) electrons. The molecule has 0 bridgehead atoms. The molecule has 0 spiro atoms. The molecule has 196 valence electrons. The number of rotatable bonds is 6. The van der Waals surface area contributed by atoms with E-state index in [-0.39, 0.29) is 24.6 Å². The standard InChI is InChI=1S/C28H29F2N7O/c29-28(30)8-11-36(18-28)17-19-12-21(15-31-14-19)20-4-6-24-23(13-20)26(35-34-24)27(38)33-22-5-7-25(32-16-22)37-9-2-1-3-10-37/h4-7,12-16H,1-3,8-11,17-18H2,(H,33,38)(H,34,35). The summed E-state index contributed by atoms with van der Waals surface area (Å²) in [6, 6.07) is 11.5. The lowest BCUT2D eigenvalue weighted by Crippen LogP contribution is -2.30. The van der Waals surface area contributed by atoms with Gasteiger partial charge in [-0.25, -0.2) is 13.8 Å². The highest BCUT2D eigenvalue weighted by atomic mass is 19.3. The molecule has 8 nitrogen and oxygen atoms in total. The fourth-order valence-electron chi connectivity index (χ4n) is 5.26. The molecule has 1 aromatic carbocycles. The van der Waals surface area contributed by atoms with Crippen LogP contribution < -0.4 is 10.2 Å². The van der Waals surface area contributed by atoms with Crippen molar-refractivity contribution in [3.8, 4) is 11.1 Å². The van der Waals surface area contributed by atoms with Gasteiger partial charge in [0.25, 0.3) is 11.8 Å². The molecule has 2 fully saturated rings. The SMILES string of the molecule is O=C(Nc1ccc(N2CCCCC2)nc1)c1n[nH]c2ccc(-c3cncc(CN4CCC(F)(F)C4)c3)cc12. The van der Waals surface area contributed by atoms with Crippen LogP contribution >= 0.6 is 0 Å². The number of carbonyl (C=O) groups excluding carboxylic acids is 1. The zero-order valence-electron chi connectivity index (χ0n) is 21.0. The number of H-pyrrole nitrogens is 1. The number of amides is 1. The van der Waals surface area contributed by atoms with E-state index >= 15 is 0 Å². The van der Waals surface area contributed by atoms with Gasteiger partial charge in [0.2, 0.25) is 0 Å². The van der Waals surface area contributed by atoms with E-state index < -0.39 is 5.92 Å². The molecule has 38 heavy (non-hydrogen) atoms. The Bertz CT molecular complexity index is 1450. The normalized spacial score (nSPS) is 17.7. The summed E-state index contributed by atoms with van der Waals surface area (Å²) in [5, 5.41) is 10.8. The van der Waals surface area contributed by atoms with Crippen molar-refractivity contribution in [1.82, 2.24) is 25.1 Å². The number of fused-ring (bicyclic) bond motifs is 1. The summed E-state index contributed by atoms with van der Waals surface area (Å²) in [6.07, 6.45) is 8.61. The third kappa shape index (κ3) is 5.22. The Balaban J connectivity index is 1.19. The van der Waals surface area contributed by atoms with Crippen molar-refractivity contribution in [1.29, 1.82) is 0 Å². The number of likely N-dealkylation sites (tertiary alicyclic amines) is 1. The molecule has 4 aromatic rings. The average Bonchev–Trinajstić information content (AvgIpc) is 3.51. The van der Waals surface area contributed by atoms with E-state index in [4.69, 9.17) is 0 Å². The van der Waals surface area contributed by atoms with Crippen LogP contribution in [0.25, 0.3) is 22.0 Å². The van der Waals surface area contributed by atoms with Gasteiger partial charge in [0.15, 0.2) is 5.69 Å². The summed E-state index contributed by atoms with van der Waals surface area (Å²) in [5.74, 6) is -2.03. The lowest BCUT2D eigenvalue weighted by Gasteiger charge is -2.27. The smallest absolute Gasteiger partial charge is 0.276 e. The van der Waals surface area contributed by atoms with Crippen molar-refractivity contribution in [2.24, 2.45) is 0 Å². The largest absolute Gasteiger partial charge is 0.357 e. The summed E-state index contributed by atoms with van der Waals surface area (Å²) in [6.45, 7) is 2.57. The topological polar surface area (TPSA) is 90.0 Å². The number of carbonyl (C=O) groups is 1. The number of alkyl halides is 2. The second-order valence-electron chi connectivity index (χ2n) is 10.1. The predicted octanol–water partition coefficient (Wildman–Crippen LogP) is 5.10. The molecule has 6 rings (SSSR count). The van der Waals surface area contributed by atoms with Crippen LogP contribution in [-0.4, -0.2) is 63.1 Å². The summed E-state index contributed by atoms with van der Waals surface area (Å²) >= 11 is 0. The van der Waals surface area contributed by atoms with E-state index in [1.165, 1.54) is 19.3 Å². The molecule has 2 saturated heterocycles. The van der Waals surface area contributed by atoms with Crippen molar-refractivity contribution in [3.63, 3.8) is 0 Å². The maximum Gasteiger partial charge on any atom is 0.276 e. The van der Waals surface area contributed by atoms with Gasteiger partial charge in [0.05, 0.1) is 23.9 Å². The molecule has 2 aliphatic heterocycles. The number of anilines is 2. The Kier molecular flexibility index (Phi) is 6.49. The fraction of sp³-hybridized carbons (Fsp3) is 0.357. The van der Waals surface area contributed by atoms with E-state index in [0.29, 0.717) is 24.2 Å². The first-order chi connectivity index (χ1) is 18.4. The maximum atomic E-state index is 13.6. The first-order valence-electron chi connectivity index (χ1n) is 13.0. The highest BCUT2D eigenvalue weighted by Gasteiger charge is 2.37. The number of hydrogen-bond donors (Lipinski definition) is 2. The summed E-state index contributed by atoms with van der Waals surface area (Å²) in [4.78, 5) is 26.0. The Morgan fingerprint density at radius 3 is 2.63 bits per heavy atom. The number of aromatic amines is 1.